The fraction of sp³-hybridized carbons (Fsp3) is 0.250. The van der Waals surface area contributed by atoms with Crippen LogP contribution in [0.25, 0.3) is 11.3 Å². The number of hydrogen-bond donors (Lipinski definition) is 1. The smallest absolute Gasteiger partial charge is 0.132 e. The Morgan fingerprint density at radius 2 is 2.24 bits per heavy atom. The van der Waals surface area contributed by atoms with Crippen LogP contribution >= 0.6 is 11.6 Å². The SMILES string of the molecule is Cn1c(-c2cc(Cl)ccc2F)cnc1CCO. The van der Waals surface area contributed by atoms with Crippen LogP contribution in [0, 0.1) is 5.82 Å². The Kier molecular flexibility index (Phi) is 3.45. The van der Waals surface area contributed by atoms with E-state index in [1.54, 1.807) is 23.9 Å². The molecule has 0 saturated heterocycles. The van der Waals surface area contributed by atoms with E-state index in [1.165, 1.54) is 12.1 Å². The van der Waals surface area contributed by atoms with Gasteiger partial charge < -0.3 is 9.67 Å². The number of aromatic nitrogens is 2. The molecule has 5 heteroatoms. The Morgan fingerprint density at radius 1 is 1.47 bits per heavy atom. The lowest BCUT2D eigenvalue weighted by Gasteiger charge is -2.06. The second kappa shape index (κ2) is 4.85. The number of imidazole rings is 1. The van der Waals surface area contributed by atoms with Crippen LogP contribution in [0.4, 0.5) is 4.39 Å². The van der Waals surface area contributed by atoms with Crippen LogP contribution in [0.1, 0.15) is 5.82 Å². The predicted octanol–water partition coefficient (Wildman–Crippen LogP) is 2.41. The third kappa shape index (κ3) is 2.33. The summed E-state index contributed by atoms with van der Waals surface area (Å²) >= 11 is 5.85. The van der Waals surface area contributed by atoms with Crippen molar-refractivity contribution in [1.82, 2.24) is 9.55 Å². The van der Waals surface area contributed by atoms with Crippen LogP contribution in [0.3, 0.4) is 0 Å². The Labute approximate surface area is 103 Å². The second-order valence-corrected chi connectivity index (χ2v) is 4.15. The van der Waals surface area contributed by atoms with Crippen LogP contribution in [0.2, 0.25) is 5.02 Å². The molecule has 3 nitrogen and oxygen atoms in total. The molecule has 17 heavy (non-hydrogen) atoms. The number of rotatable bonds is 3. The summed E-state index contributed by atoms with van der Waals surface area (Å²) in [6.45, 7) is 0.0162. The van der Waals surface area contributed by atoms with E-state index in [4.69, 9.17) is 16.7 Å². The molecule has 1 heterocycles. The summed E-state index contributed by atoms with van der Waals surface area (Å²) in [6.07, 6.45) is 2.03. The van der Waals surface area contributed by atoms with Gasteiger partial charge in [-0.1, -0.05) is 11.6 Å². The van der Waals surface area contributed by atoms with Crippen LogP contribution in [-0.2, 0) is 13.5 Å². The topological polar surface area (TPSA) is 38.0 Å². The highest BCUT2D eigenvalue weighted by Crippen LogP contribution is 2.26. The van der Waals surface area contributed by atoms with Gasteiger partial charge in [-0.25, -0.2) is 9.37 Å². The normalized spacial score (nSPS) is 10.8. The molecule has 0 aliphatic carbocycles. The molecule has 2 rings (SSSR count). The summed E-state index contributed by atoms with van der Waals surface area (Å²) in [5.74, 6) is 0.370. The van der Waals surface area contributed by atoms with E-state index in [-0.39, 0.29) is 12.4 Å². The van der Waals surface area contributed by atoms with E-state index < -0.39 is 0 Å². The molecule has 0 aliphatic heterocycles. The van der Waals surface area contributed by atoms with Gasteiger partial charge in [-0.15, -0.1) is 0 Å². The quantitative estimate of drug-likeness (QED) is 0.914. The van der Waals surface area contributed by atoms with Gasteiger partial charge in [-0.05, 0) is 18.2 Å². The summed E-state index contributed by atoms with van der Waals surface area (Å²) in [5.41, 5.74) is 1.06. The van der Waals surface area contributed by atoms with Gasteiger partial charge in [-0.3, -0.25) is 0 Å². The Hall–Kier alpha value is -1.39. The van der Waals surface area contributed by atoms with Crippen molar-refractivity contribution in [2.24, 2.45) is 7.05 Å². The number of benzene rings is 1. The van der Waals surface area contributed by atoms with Crippen molar-refractivity contribution in [3.05, 3.63) is 41.1 Å². The van der Waals surface area contributed by atoms with E-state index >= 15 is 0 Å². The minimum atomic E-state index is -0.340. The summed E-state index contributed by atoms with van der Waals surface area (Å²) in [4.78, 5) is 4.15. The first-order chi connectivity index (χ1) is 8.13. The largest absolute Gasteiger partial charge is 0.396 e. The molecule has 0 atom stereocenters. The van der Waals surface area contributed by atoms with Crippen LogP contribution in [-0.4, -0.2) is 21.3 Å². The van der Waals surface area contributed by atoms with Crippen molar-refractivity contribution in [3.8, 4) is 11.3 Å². The molecular formula is C12H12ClFN2O. The maximum atomic E-state index is 13.7. The molecule has 0 radical (unpaired) electrons. The van der Waals surface area contributed by atoms with Gasteiger partial charge in [-0.2, -0.15) is 0 Å². The molecule has 1 N–H and O–H groups in total. The number of aliphatic hydroxyl groups is 1. The lowest BCUT2D eigenvalue weighted by atomic mass is 10.1. The van der Waals surface area contributed by atoms with E-state index in [2.05, 4.69) is 4.98 Å². The average molecular weight is 255 g/mol. The van der Waals surface area contributed by atoms with Crippen molar-refractivity contribution < 1.29 is 9.50 Å². The summed E-state index contributed by atoms with van der Waals surface area (Å²) in [6, 6.07) is 4.40. The fourth-order valence-corrected chi connectivity index (χ4v) is 1.90. The van der Waals surface area contributed by atoms with E-state index in [1.807, 2.05) is 0 Å². The molecule has 0 amide bonds. The van der Waals surface area contributed by atoms with Gasteiger partial charge in [0.15, 0.2) is 0 Å². The molecule has 0 bridgehead atoms. The minimum Gasteiger partial charge on any atom is -0.396 e. The van der Waals surface area contributed by atoms with Gasteiger partial charge >= 0.3 is 0 Å². The van der Waals surface area contributed by atoms with E-state index in [0.29, 0.717) is 28.5 Å². The van der Waals surface area contributed by atoms with Gasteiger partial charge in [0.1, 0.15) is 11.6 Å². The van der Waals surface area contributed by atoms with Crippen LogP contribution in [0.5, 0.6) is 0 Å². The first kappa shape index (κ1) is 12.1. The van der Waals surface area contributed by atoms with E-state index in [9.17, 15) is 4.39 Å². The van der Waals surface area contributed by atoms with E-state index in [0.717, 1.165) is 0 Å². The number of hydrogen-bond acceptors (Lipinski definition) is 2. The van der Waals surface area contributed by atoms with Gasteiger partial charge in [0.05, 0.1) is 18.5 Å². The Morgan fingerprint density at radius 3 is 2.94 bits per heavy atom. The Bertz CT molecular complexity index is 539. The zero-order valence-corrected chi connectivity index (χ0v) is 10.1. The standard InChI is InChI=1S/C12H12ClFN2O/c1-16-11(7-15-12(16)4-5-17)9-6-8(13)2-3-10(9)14/h2-3,6-7,17H,4-5H2,1H3. The molecule has 0 aliphatic rings. The predicted molar refractivity (Wildman–Crippen MR) is 64.4 cm³/mol. The zero-order valence-electron chi connectivity index (χ0n) is 9.32. The number of halogens is 2. The third-order valence-corrected chi connectivity index (χ3v) is 2.86. The lowest BCUT2D eigenvalue weighted by molar-refractivity contribution is 0.295. The van der Waals surface area contributed by atoms with Crippen LogP contribution in [0.15, 0.2) is 24.4 Å². The summed E-state index contributed by atoms with van der Waals surface area (Å²) in [5, 5.41) is 9.35. The maximum Gasteiger partial charge on any atom is 0.132 e. The van der Waals surface area contributed by atoms with Gasteiger partial charge in [0.25, 0.3) is 0 Å². The van der Waals surface area contributed by atoms with Crippen molar-refractivity contribution in [2.75, 3.05) is 6.61 Å². The van der Waals surface area contributed by atoms with Gasteiger partial charge in [0, 0.05) is 24.1 Å². The van der Waals surface area contributed by atoms with Crippen molar-refractivity contribution in [1.29, 1.82) is 0 Å². The summed E-state index contributed by atoms with van der Waals surface area (Å²) < 4.78 is 15.4. The average Bonchev–Trinajstić information content (AvgIpc) is 2.65. The molecule has 2 aromatic rings. The maximum absolute atomic E-state index is 13.7. The van der Waals surface area contributed by atoms with Gasteiger partial charge in [0.2, 0.25) is 0 Å². The second-order valence-electron chi connectivity index (χ2n) is 3.72. The highest BCUT2D eigenvalue weighted by molar-refractivity contribution is 6.30. The third-order valence-electron chi connectivity index (χ3n) is 2.62. The lowest BCUT2D eigenvalue weighted by Crippen LogP contribution is -2.02. The van der Waals surface area contributed by atoms with Crippen LogP contribution < -0.4 is 0 Å². The first-order valence-electron chi connectivity index (χ1n) is 5.20. The molecule has 0 spiro atoms. The molecule has 90 valence electrons. The Balaban J connectivity index is 2.49. The number of aliphatic hydroxyl groups excluding tert-OH is 1. The van der Waals surface area contributed by atoms with Crippen molar-refractivity contribution in [2.45, 2.75) is 6.42 Å². The molecule has 0 unspecified atom stereocenters. The minimum absolute atomic E-state index is 0.0162. The fourth-order valence-electron chi connectivity index (χ4n) is 1.72. The molecule has 1 aromatic heterocycles. The highest BCUT2D eigenvalue weighted by Gasteiger charge is 2.12. The van der Waals surface area contributed by atoms with Crippen molar-refractivity contribution in [3.63, 3.8) is 0 Å². The molecular weight excluding hydrogens is 243 g/mol. The molecule has 1 aromatic carbocycles. The number of nitrogens with zero attached hydrogens (tertiary/aromatic N) is 2. The first-order valence-corrected chi connectivity index (χ1v) is 5.58. The highest BCUT2D eigenvalue weighted by atomic mass is 35.5. The molecule has 0 saturated carbocycles. The zero-order chi connectivity index (χ0) is 12.4. The molecule has 0 fully saturated rings. The van der Waals surface area contributed by atoms with Crippen molar-refractivity contribution >= 4 is 11.6 Å². The summed E-state index contributed by atoms with van der Waals surface area (Å²) in [7, 11) is 1.79. The monoisotopic (exact) mass is 254 g/mol.